The average Bonchev–Trinajstić information content (AvgIpc) is 2.98. The lowest BCUT2D eigenvalue weighted by molar-refractivity contribution is -0.141. The van der Waals surface area contributed by atoms with Crippen LogP contribution in [0.1, 0.15) is 49.9 Å². The second-order valence-electron chi connectivity index (χ2n) is 10.1. The topological polar surface area (TPSA) is 117 Å². The van der Waals surface area contributed by atoms with Crippen molar-refractivity contribution >= 4 is 38.5 Å². The monoisotopic (exact) mass is 564 g/mol. The zero-order valence-electron chi connectivity index (χ0n) is 23.0. The molecule has 1 N–H and O–H groups in total. The summed E-state index contributed by atoms with van der Waals surface area (Å²) in [4.78, 5) is 46.8. The Morgan fingerprint density at radius 1 is 1.00 bits per heavy atom. The predicted molar refractivity (Wildman–Crippen MR) is 153 cm³/mol. The summed E-state index contributed by atoms with van der Waals surface area (Å²) in [7, 11) is -4.17. The number of aromatic nitrogens is 1. The lowest BCUT2D eigenvalue weighted by atomic mass is 9.88. The molecule has 0 radical (unpaired) electrons. The van der Waals surface area contributed by atoms with Gasteiger partial charge >= 0.3 is 0 Å². The molecule has 10 heteroatoms. The number of benzene rings is 2. The Morgan fingerprint density at radius 2 is 1.70 bits per heavy atom. The molecule has 1 fully saturated rings. The maximum absolute atomic E-state index is 13.3. The predicted octanol–water partition coefficient (Wildman–Crippen LogP) is 3.86. The van der Waals surface area contributed by atoms with Crippen LogP contribution < -0.4 is 4.72 Å². The highest BCUT2D eigenvalue weighted by Gasteiger charge is 2.34. The molecular formula is C30H36N4O5S. The van der Waals surface area contributed by atoms with Crippen molar-refractivity contribution < 1.29 is 22.8 Å². The lowest BCUT2D eigenvalue weighted by Crippen LogP contribution is -2.45. The third-order valence-electron chi connectivity index (χ3n) is 7.63. The van der Waals surface area contributed by atoms with Crippen molar-refractivity contribution in [1.29, 1.82) is 0 Å². The smallest absolute Gasteiger partial charge is 0.264 e. The molecule has 3 amide bonds. The number of amides is 3. The molecule has 1 aliphatic rings. The van der Waals surface area contributed by atoms with Crippen LogP contribution in [0.4, 0.5) is 0 Å². The molecule has 9 nitrogen and oxygen atoms in total. The normalized spacial score (nSPS) is 15.0. The molecule has 1 atom stereocenters. The third-order valence-corrected chi connectivity index (χ3v) is 8.97. The summed E-state index contributed by atoms with van der Waals surface area (Å²) < 4.78 is 28.5. The standard InChI is InChI=1S/C30H36N4O5S/c1-3-33(4-2)30(37)27(14-11-22-15-18-34(19-16-22)29(36)25-10-7-17-31-21-25)28(35)32-40(38,39)26-13-12-23-8-5-6-9-24(23)20-26/h5-10,12-13,17,20-22,27H,3-4,11,14-16,18-19H2,1-2H3,(H,32,35). The molecule has 0 bridgehead atoms. The van der Waals surface area contributed by atoms with Crippen LogP contribution in [0, 0.1) is 11.8 Å². The van der Waals surface area contributed by atoms with Crippen molar-refractivity contribution in [3.8, 4) is 0 Å². The first-order chi connectivity index (χ1) is 19.2. The van der Waals surface area contributed by atoms with Crippen LogP contribution in [0.2, 0.25) is 0 Å². The van der Waals surface area contributed by atoms with Gasteiger partial charge in [0.2, 0.25) is 11.8 Å². The second-order valence-corrected chi connectivity index (χ2v) is 11.8. The van der Waals surface area contributed by atoms with Crippen LogP contribution in [0.5, 0.6) is 0 Å². The number of fused-ring (bicyclic) bond motifs is 1. The largest absolute Gasteiger partial charge is 0.343 e. The molecule has 40 heavy (non-hydrogen) atoms. The summed E-state index contributed by atoms with van der Waals surface area (Å²) in [5, 5.41) is 1.62. The molecule has 1 saturated heterocycles. The van der Waals surface area contributed by atoms with E-state index in [1.54, 1.807) is 46.5 Å². The number of rotatable bonds is 10. The number of hydrogen-bond acceptors (Lipinski definition) is 6. The van der Waals surface area contributed by atoms with Gasteiger partial charge in [-0.2, -0.15) is 0 Å². The summed E-state index contributed by atoms with van der Waals surface area (Å²) in [5.74, 6) is -2.14. The number of likely N-dealkylation sites (tertiary alicyclic amines) is 1. The number of carbonyl (C=O) groups excluding carboxylic acids is 3. The van der Waals surface area contributed by atoms with Crippen molar-refractivity contribution in [3.63, 3.8) is 0 Å². The summed E-state index contributed by atoms with van der Waals surface area (Å²) in [6, 6.07) is 15.5. The van der Waals surface area contributed by atoms with Crippen LogP contribution in [0.3, 0.4) is 0 Å². The van der Waals surface area contributed by atoms with Gasteiger partial charge in [0, 0.05) is 38.6 Å². The number of nitrogens with one attached hydrogen (secondary N) is 1. The van der Waals surface area contributed by atoms with E-state index in [0.29, 0.717) is 38.2 Å². The summed E-state index contributed by atoms with van der Waals surface area (Å²) in [5.41, 5.74) is 0.551. The van der Waals surface area contributed by atoms with Gasteiger partial charge in [-0.1, -0.05) is 30.3 Å². The van der Waals surface area contributed by atoms with Gasteiger partial charge in [0.1, 0.15) is 5.92 Å². The SMILES string of the molecule is CCN(CC)C(=O)C(CCC1CCN(C(=O)c2cccnc2)CC1)C(=O)NS(=O)(=O)c1ccc2ccccc2c1. The van der Waals surface area contributed by atoms with E-state index < -0.39 is 21.8 Å². The molecule has 2 heterocycles. The second kappa shape index (κ2) is 13.0. The summed E-state index contributed by atoms with van der Waals surface area (Å²) >= 11 is 0. The van der Waals surface area contributed by atoms with Crippen molar-refractivity contribution in [3.05, 3.63) is 72.6 Å². The van der Waals surface area contributed by atoms with Gasteiger partial charge in [0.15, 0.2) is 0 Å². The Kier molecular flexibility index (Phi) is 9.52. The van der Waals surface area contributed by atoms with E-state index in [1.165, 1.54) is 12.1 Å². The molecule has 4 rings (SSSR count). The highest BCUT2D eigenvalue weighted by Crippen LogP contribution is 2.26. The van der Waals surface area contributed by atoms with Crippen LogP contribution in [-0.4, -0.2) is 67.1 Å². The van der Waals surface area contributed by atoms with Gasteiger partial charge in [-0.25, -0.2) is 13.1 Å². The molecule has 0 saturated carbocycles. The van der Waals surface area contributed by atoms with E-state index >= 15 is 0 Å². The van der Waals surface area contributed by atoms with Crippen LogP contribution in [-0.2, 0) is 19.6 Å². The summed E-state index contributed by atoms with van der Waals surface area (Å²) in [6.07, 6.45) is 5.49. The van der Waals surface area contributed by atoms with Gasteiger partial charge < -0.3 is 9.80 Å². The maximum atomic E-state index is 13.3. The molecular weight excluding hydrogens is 528 g/mol. The van der Waals surface area contributed by atoms with E-state index in [1.807, 2.05) is 32.0 Å². The van der Waals surface area contributed by atoms with Gasteiger partial charge in [-0.05, 0) is 80.5 Å². The van der Waals surface area contributed by atoms with Crippen molar-refractivity contribution in [2.24, 2.45) is 11.8 Å². The Hall–Kier alpha value is -3.79. The molecule has 0 spiro atoms. The van der Waals surface area contributed by atoms with Crippen molar-refractivity contribution in [2.75, 3.05) is 26.2 Å². The fraction of sp³-hybridized carbons (Fsp3) is 0.400. The van der Waals surface area contributed by atoms with Gasteiger partial charge in [-0.3, -0.25) is 19.4 Å². The minimum atomic E-state index is -4.17. The quantitative estimate of drug-likeness (QED) is 0.374. The van der Waals surface area contributed by atoms with E-state index in [2.05, 4.69) is 9.71 Å². The highest BCUT2D eigenvalue weighted by molar-refractivity contribution is 7.90. The fourth-order valence-corrected chi connectivity index (χ4v) is 6.27. The number of piperidine rings is 1. The molecule has 0 aliphatic carbocycles. The Bertz CT molecular complexity index is 1450. The first-order valence-electron chi connectivity index (χ1n) is 13.8. The molecule has 212 valence electrons. The van der Waals surface area contributed by atoms with Crippen molar-refractivity contribution in [2.45, 2.75) is 44.4 Å². The minimum Gasteiger partial charge on any atom is -0.343 e. The third kappa shape index (κ3) is 6.85. The Morgan fingerprint density at radius 3 is 2.35 bits per heavy atom. The number of nitrogens with zero attached hydrogens (tertiary/aromatic N) is 3. The first-order valence-corrected chi connectivity index (χ1v) is 15.2. The zero-order chi connectivity index (χ0) is 28.7. The number of sulfonamides is 1. The van der Waals surface area contributed by atoms with Crippen LogP contribution >= 0.6 is 0 Å². The highest BCUT2D eigenvalue weighted by atomic mass is 32.2. The maximum Gasteiger partial charge on any atom is 0.264 e. The van der Waals surface area contributed by atoms with Crippen LogP contribution in [0.25, 0.3) is 10.8 Å². The van der Waals surface area contributed by atoms with Gasteiger partial charge in [-0.15, -0.1) is 0 Å². The lowest BCUT2D eigenvalue weighted by Gasteiger charge is -2.33. The van der Waals surface area contributed by atoms with Gasteiger partial charge in [0.25, 0.3) is 15.9 Å². The Labute approximate surface area is 235 Å². The van der Waals surface area contributed by atoms with E-state index in [-0.39, 0.29) is 29.0 Å². The minimum absolute atomic E-state index is 0.0285. The average molecular weight is 565 g/mol. The van der Waals surface area contributed by atoms with Crippen LogP contribution in [0.15, 0.2) is 71.9 Å². The van der Waals surface area contributed by atoms with E-state index in [9.17, 15) is 22.8 Å². The summed E-state index contributed by atoms with van der Waals surface area (Å²) in [6.45, 7) is 5.66. The van der Waals surface area contributed by atoms with Crippen molar-refractivity contribution in [1.82, 2.24) is 19.5 Å². The zero-order valence-corrected chi connectivity index (χ0v) is 23.8. The number of carbonyl (C=O) groups is 3. The molecule has 1 unspecified atom stereocenters. The molecule has 1 aliphatic heterocycles. The number of hydrogen-bond donors (Lipinski definition) is 1. The number of pyridine rings is 1. The molecule has 3 aromatic rings. The van der Waals surface area contributed by atoms with Gasteiger partial charge in [0.05, 0.1) is 10.5 Å². The Balaban J connectivity index is 1.42. The molecule has 2 aromatic carbocycles. The molecule has 1 aromatic heterocycles. The first kappa shape index (κ1) is 29.2. The van der Waals surface area contributed by atoms with E-state index in [4.69, 9.17) is 0 Å². The fourth-order valence-electron chi connectivity index (χ4n) is 5.22. The van der Waals surface area contributed by atoms with E-state index in [0.717, 1.165) is 23.6 Å².